The highest BCUT2D eigenvalue weighted by atomic mass is 16.5. The molecule has 1 aromatic heterocycles. The monoisotopic (exact) mass is 397 g/mol. The first-order valence-corrected chi connectivity index (χ1v) is 9.72. The topological polar surface area (TPSA) is 116 Å². The van der Waals surface area contributed by atoms with Crippen molar-refractivity contribution >= 4 is 29.3 Å². The molecule has 0 unspecified atom stereocenters. The predicted molar refractivity (Wildman–Crippen MR) is 108 cm³/mol. The standard InChI is InChI=1S/C20H23N5O4/c1-2-12-5-3-4-6-14(12)21-18(27)13-11-15(26)22-17-16(13)19(28)24-20(23-17)25-7-9-29-10-8-25/h3-6,13H,2,7-11H2,1H3,(H,21,27)(H2,22,23,24,26,28)/t13-/m0/s1. The molecule has 29 heavy (non-hydrogen) atoms. The number of hydrogen-bond donors (Lipinski definition) is 3. The number of anilines is 3. The summed E-state index contributed by atoms with van der Waals surface area (Å²) in [6, 6.07) is 7.48. The molecule has 0 aliphatic carbocycles. The number of para-hydroxylation sites is 1. The lowest BCUT2D eigenvalue weighted by Crippen LogP contribution is -2.41. The lowest BCUT2D eigenvalue weighted by Gasteiger charge is -2.29. The van der Waals surface area contributed by atoms with E-state index in [1.54, 1.807) is 0 Å². The first-order valence-electron chi connectivity index (χ1n) is 9.72. The molecule has 152 valence electrons. The number of aryl methyl sites for hydroxylation is 1. The van der Waals surface area contributed by atoms with E-state index in [2.05, 4.69) is 20.6 Å². The van der Waals surface area contributed by atoms with Gasteiger partial charge in [-0.25, -0.2) is 0 Å². The SMILES string of the molecule is CCc1ccccc1NC(=O)[C@H]1CC(=O)Nc2nc(N3CCOCC3)[nH]c(=O)c21. The zero-order chi connectivity index (χ0) is 20.4. The molecule has 0 saturated carbocycles. The van der Waals surface area contributed by atoms with Gasteiger partial charge in [0, 0.05) is 25.2 Å². The van der Waals surface area contributed by atoms with E-state index in [1.807, 2.05) is 36.1 Å². The molecule has 9 heteroatoms. The number of amides is 2. The molecule has 3 N–H and O–H groups in total. The van der Waals surface area contributed by atoms with E-state index in [0.29, 0.717) is 37.9 Å². The molecular weight excluding hydrogens is 374 g/mol. The summed E-state index contributed by atoms with van der Waals surface area (Å²) in [5.74, 6) is -1.12. The molecule has 1 fully saturated rings. The summed E-state index contributed by atoms with van der Waals surface area (Å²) in [6.07, 6.45) is 0.651. The van der Waals surface area contributed by atoms with E-state index in [0.717, 1.165) is 12.0 Å². The molecule has 2 aromatic rings. The van der Waals surface area contributed by atoms with Crippen molar-refractivity contribution < 1.29 is 14.3 Å². The van der Waals surface area contributed by atoms with Crippen LogP contribution in [0.15, 0.2) is 29.1 Å². The van der Waals surface area contributed by atoms with Crippen molar-refractivity contribution in [2.24, 2.45) is 0 Å². The predicted octanol–water partition coefficient (Wildman–Crippen LogP) is 1.23. The minimum atomic E-state index is -0.904. The smallest absolute Gasteiger partial charge is 0.258 e. The fraction of sp³-hybridized carbons (Fsp3) is 0.400. The van der Waals surface area contributed by atoms with Crippen LogP contribution in [0.5, 0.6) is 0 Å². The highest BCUT2D eigenvalue weighted by Gasteiger charge is 2.35. The molecule has 9 nitrogen and oxygen atoms in total. The van der Waals surface area contributed by atoms with E-state index in [9.17, 15) is 14.4 Å². The number of benzene rings is 1. The largest absolute Gasteiger partial charge is 0.378 e. The lowest BCUT2D eigenvalue weighted by atomic mass is 9.92. The van der Waals surface area contributed by atoms with Gasteiger partial charge < -0.3 is 20.3 Å². The number of nitrogens with zero attached hydrogens (tertiary/aromatic N) is 2. The summed E-state index contributed by atoms with van der Waals surface area (Å²) in [5.41, 5.74) is 1.44. The van der Waals surface area contributed by atoms with Gasteiger partial charge in [-0.1, -0.05) is 25.1 Å². The van der Waals surface area contributed by atoms with Crippen LogP contribution >= 0.6 is 0 Å². The number of hydrogen-bond acceptors (Lipinski definition) is 6. The Balaban J connectivity index is 1.65. The number of carbonyl (C=O) groups is 2. The Bertz CT molecular complexity index is 997. The number of rotatable bonds is 4. The summed E-state index contributed by atoms with van der Waals surface area (Å²) in [7, 11) is 0. The minimum absolute atomic E-state index is 0.102. The third-order valence-electron chi connectivity index (χ3n) is 5.22. The molecule has 3 heterocycles. The normalized spacial score (nSPS) is 18.7. The highest BCUT2D eigenvalue weighted by Crippen LogP contribution is 2.30. The zero-order valence-electron chi connectivity index (χ0n) is 16.2. The maximum absolute atomic E-state index is 13.0. The maximum Gasteiger partial charge on any atom is 0.258 e. The molecule has 1 saturated heterocycles. The Morgan fingerprint density at radius 1 is 1.28 bits per heavy atom. The summed E-state index contributed by atoms with van der Waals surface area (Å²) in [5, 5.41) is 5.51. The molecular formula is C20H23N5O4. The number of fused-ring (bicyclic) bond motifs is 1. The highest BCUT2D eigenvalue weighted by molar-refractivity contribution is 6.04. The van der Waals surface area contributed by atoms with E-state index in [-0.39, 0.29) is 23.7 Å². The van der Waals surface area contributed by atoms with Crippen LogP contribution in [0.4, 0.5) is 17.5 Å². The van der Waals surface area contributed by atoms with Crippen molar-refractivity contribution in [1.82, 2.24) is 9.97 Å². The number of H-pyrrole nitrogens is 1. The Kier molecular flexibility index (Phi) is 5.30. The zero-order valence-corrected chi connectivity index (χ0v) is 16.2. The Hall–Kier alpha value is -3.20. The molecule has 4 rings (SSSR count). The second kappa shape index (κ2) is 8.04. The van der Waals surface area contributed by atoms with Gasteiger partial charge in [-0.2, -0.15) is 4.98 Å². The Morgan fingerprint density at radius 2 is 2.03 bits per heavy atom. The summed E-state index contributed by atoms with van der Waals surface area (Å²) < 4.78 is 5.32. The lowest BCUT2D eigenvalue weighted by molar-refractivity contribution is -0.123. The second-order valence-corrected chi connectivity index (χ2v) is 7.06. The van der Waals surface area contributed by atoms with Gasteiger partial charge in [0.25, 0.3) is 5.56 Å². The van der Waals surface area contributed by atoms with Crippen molar-refractivity contribution in [3.05, 3.63) is 45.7 Å². The van der Waals surface area contributed by atoms with Crippen molar-refractivity contribution in [3.8, 4) is 0 Å². The van der Waals surface area contributed by atoms with Crippen LogP contribution in [0, 0.1) is 0 Å². The van der Waals surface area contributed by atoms with Gasteiger partial charge in [0.05, 0.1) is 24.7 Å². The summed E-state index contributed by atoms with van der Waals surface area (Å²) >= 11 is 0. The second-order valence-electron chi connectivity index (χ2n) is 7.06. The van der Waals surface area contributed by atoms with Gasteiger partial charge in [-0.05, 0) is 18.1 Å². The minimum Gasteiger partial charge on any atom is -0.378 e. The first-order chi connectivity index (χ1) is 14.1. The third kappa shape index (κ3) is 3.86. The average molecular weight is 397 g/mol. The Morgan fingerprint density at radius 3 is 2.79 bits per heavy atom. The van der Waals surface area contributed by atoms with Crippen LogP contribution in [0.3, 0.4) is 0 Å². The van der Waals surface area contributed by atoms with Crippen molar-refractivity contribution in [1.29, 1.82) is 0 Å². The van der Waals surface area contributed by atoms with E-state index < -0.39 is 17.4 Å². The molecule has 0 spiro atoms. The van der Waals surface area contributed by atoms with Crippen LogP contribution in [0.2, 0.25) is 0 Å². The van der Waals surface area contributed by atoms with Gasteiger partial charge in [0.2, 0.25) is 17.8 Å². The van der Waals surface area contributed by atoms with Crippen molar-refractivity contribution in [2.75, 3.05) is 41.8 Å². The van der Waals surface area contributed by atoms with Crippen LogP contribution in [0.1, 0.15) is 30.4 Å². The number of ether oxygens (including phenoxy) is 1. The van der Waals surface area contributed by atoms with Crippen LogP contribution < -0.4 is 21.1 Å². The average Bonchev–Trinajstić information content (AvgIpc) is 2.73. The Labute approximate surface area is 167 Å². The van der Waals surface area contributed by atoms with Crippen molar-refractivity contribution in [2.45, 2.75) is 25.7 Å². The molecule has 2 amide bonds. The third-order valence-corrected chi connectivity index (χ3v) is 5.22. The van der Waals surface area contributed by atoms with Gasteiger partial charge >= 0.3 is 0 Å². The number of carbonyl (C=O) groups excluding carboxylic acids is 2. The van der Waals surface area contributed by atoms with Crippen LogP contribution in [0.25, 0.3) is 0 Å². The summed E-state index contributed by atoms with van der Waals surface area (Å²) in [6.45, 7) is 4.25. The number of aromatic nitrogens is 2. The maximum atomic E-state index is 13.0. The number of morpholine rings is 1. The molecule has 0 radical (unpaired) electrons. The summed E-state index contributed by atoms with van der Waals surface area (Å²) in [4.78, 5) is 47.1. The molecule has 2 aliphatic heterocycles. The number of nitrogens with one attached hydrogen (secondary N) is 3. The quantitative estimate of drug-likeness (QED) is 0.715. The van der Waals surface area contributed by atoms with Crippen LogP contribution in [-0.4, -0.2) is 48.1 Å². The molecule has 0 bridgehead atoms. The van der Waals surface area contributed by atoms with Crippen molar-refractivity contribution in [3.63, 3.8) is 0 Å². The van der Waals surface area contributed by atoms with Gasteiger partial charge in [0.1, 0.15) is 5.82 Å². The van der Waals surface area contributed by atoms with E-state index >= 15 is 0 Å². The van der Waals surface area contributed by atoms with Crippen LogP contribution in [-0.2, 0) is 20.7 Å². The van der Waals surface area contributed by atoms with E-state index in [1.165, 1.54) is 0 Å². The molecule has 2 aliphatic rings. The fourth-order valence-electron chi connectivity index (χ4n) is 3.68. The molecule has 1 atom stereocenters. The van der Waals surface area contributed by atoms with Gasteiger partial charge in [-0.3, -0.25) is 19.4 Å². The van der Waals surface area contributed by atoms with Gasteiger partial charge in [0.15, 0.2) is 0 Å². The fourth-order valence-corrected chi connectivity index (χ4v) is 3.68. The van der Waals surface area contributed by atoms with Gasteiger partial charge in [-0.15, -0.1) is 0 Å². The van der Waals surface area contributed by atoms with E-state index in [4.69, 9.17) is 4.74 Å². The molecule has 1 aromatic carbocycles. The number of aromatic amines is 1. The first kappa shape index (κ1) is 19.1.